The van der Waals surface area contributed by atoms with Crippen LogP contribution in [0.15, 0.2) is 54.7 Å². The Morgan fingerprint density at radius 2 is 1.82 bits per heavy atom. The van der Waals surface area contributed by atoms with Crippen LogP contribution < -0.4 is 4.74 Å². The van der Waals surface area contributed by atoms with Crippen molar-refractivity contribution in [3.8, 4) is 17.2 Å². The van der Waals surface area contributed by atoms with Crippen molar-refractivity contribution in [3.63, 3.8) is 0 Å². The second-order valence-corrected chi connectivity index (χ2v) is 5.90. The van der Waals surface area contributed by atoms with Crippen LogP contribution in [0.3, 0.4) is 0 Å². The lowest BCUT2D eigenvalue weighted by Gasteiger charge is -2.12. The summed E-state index contributed by atoms with van der Waals surface area (Å²) >= 11 is 0. The molecule has 0 spiro atoms. The maximum atomic E-state index is 13.9. The van der Waals surface area contributed by atoms with Crippen LogP contribution in [0.5, 0.6) is 11.5 Å². The predicted molar refractivity (Wildman–Crippen MR) is 97.4 cm³/mol. The number of rotatable bonds is 6. The van der Waals surface area contributed by atoms with Gasteiger partial charge in [-0.15, -0.1) is 0 Å². The number of aromatic nitrogens is 2. The molecule has 0 aliphatic carbocycles. The zero-order chi connectivity index (χ0) is 20.3. The van der Waals surface area contributed by atoms with E-state index in [1.807, 2.05) is 0 Å². The number of nitrogens with zero attached hydrogens (tertiary/aromatic N) is 2. The van der Waals surface area contributed by atoms with E-state index in [4.69, 9.17) is 9.47 Å². The number of methoxy groups -OCH3 is 1. The first kappa shape index (κ1) is 19.1. The Bertz CT molecular complexity index is 1010. The van der Waals surface area contributed by atoms with Crippen molar-refractivity contribution in [2.45, 2.75) is 13.0 Å². The molecule has 3 rings (SSSR count). The van der Waals surface area contributed by atoms with Crippen LogP contribution in [-0.2, 0) is 4.74 Å². The van der Waals surface area contributed by atoms with Gasteiger partial charge in [-0.05, 0) is 43.3 Å². The van der Waals surface area contributed by atoms with Crippen molar-refractivity contribution in [1.29, 1.82) is 0 Å². The molecule has 1 heterocycles. The maximum Gasteiger partial charge on any atom is 0.363 e. The van der Waals surface area contributed by atoms with E-state index in [2.05, 4.69) is 5.10 Å². The Kier molecular flexibility index (Phi) is 5.39. The van der Waals surface area contributed by atoms with Crippen LogP contribution in [0.4, 0.5) is 4.39 Å². The fourth-order valence-electron chi connectivity index (χ4n) is 2.53. The van der Waals surface area contributed by atoms with E-state index in [9.17, 15) is 19.1 Å². The normalized spacial score (nSPS) is 11.7. The summed E-state index contributed by atoms with van der Waals surface area (Å²) in [6.45, 7) is 1.41. The van der Waals surface area contributed by atoms with Gasteiger partial charge in [0, 0.05) is 5.56 Å². The molecule has 28 heavy (non-hydrogen) atoms. The van der Waals surface area contributed by atoms with E-state index < -0.39 is 35.1 Å². The minimum atomic E-state index is -1.11. The van der Waals surface area contributed by atoms with Gasteiger partial charge in [-0.1, -0.05) is 12.1 Å². The average Bonchev–Trinajstić information content (AvgIpc) is 3.09. The standard InChI is InChI=1S/C20H17FN2O5/c1-12(19(25)13-7-9-14(27-2)10-8-13)28-20(26)18-17(24)11-23(22-18)16-6-4-3-5-15(16)21/h3-12,24H,1-2H3. The van der Waals surface area contributed by atoms with Gasteiger partial charge in [0.2, 0.25) is 11.5 Å². The molecule has 0 aliphatic heterocycles. The van der Waals surface area contributed by atoms with Crippen molar-refractivity contribution >= 4 is 11.8 Å². The van der Waals surface area contributed by atoms with Crippen molar-refractivity contribution in [2.75, 3.05) is 7.11 Å². The van der Waals surface area contributed by atoms with E-state index in [0.29, 0.717) is 11.3 Å². The smallest absolute Gasteiger partial charge is 0.363 e. The highest BCUT2D eigenvalue weighted by atomic mass is 19.1. The molecule has 0 aliphatic rings. The summed E-state index contributed by atoms with van der Waals surface area (Å²) in [5.74, 6) is -1.90. The number of aromatic hydroxyl groups is 1. The van der Waals surface area contributed by atoms with Gasteiger partial charge in [-0.3, -0.25) is 4.79 Å². The minimum absolute atomic E-state index is 0.0548. The number of benzene rings is 2. The summed E-state index contributed by atoms with van der Waals surface area (Å²) in [5.41, 5.74) is -0.0287. The molecule has 7 nitrogen and oxygen atoms in total. The number of hydrogen-bond acceptors (Lipinski definition) is 6. The first-order valence-corrected chi connectivity index (χ1v) is 8.33. The van der Waals surface area contributed by atoms with E-state index in [1.165, 1.54) is 32.2 Å². The monoisotopic (exact) mass is 384 g/mol. The number of ketones is 1. The fraction of sp³-hybridized carbons (Fsp3) is 0.150. The van der Waals surface area contributed by atoms with Crippen LogP contribution in [0, 0.1) is 5.82 Å². The fourth-order valence-corrected chi connectivity index (χ4v) is 2.53. The van der Waals surface area contributed by atoms with Crippen LogP contribution in [0.1, 0.15) is 27.8 Å². The summed E-state index contributed by atoms with van der Waals surface area (Å²) in [6, 6.07) is 12.1. The molecule has 1 aromatic heterocycles. The maximum absolute atomic E-state index is 13.9. The number of carbonyl (C=O) groups is 2. The third kappa shape index (κ3) is 3.85. The Hall–Kier alpha value is -3.68. The topological polar surface area (TPSA) is 90.7 Å². The van der Waals surface area contributed by atoms with Crippen LogP contribution in [-0.4, -0.2) is 39.9 Å². The Morgan fingerprint density at radius 1 is 1.14 bits per heavy atom. The third-order valence-corrected chi connectivity index (χ3v) is 4.02. The molecular weight excluding hydrogens is 367 g/mol. The van der Waals surface area contributed by atoms with E-state index in [0.717, 1.165) is 10.9 Å². The number of ether oxygens (including phenoxy) is 2. The zero-order valence-corrected chi connectivity index (χ0v) is 15.1. The van der Waals surface area contributed by atoms with Gasteiger partial charge in [0.25, 0.3) is 0 Å². The molecule has 8 heteroatoms. The van der Waals surface area contributed by atoms with Gasteiger partial charge in [0.15, 0.2) is 11.9 Å². The van der Waals surface area contributed by atoms with Gasteiger partial charge in [0.1, 0.15) is 17.3 Å². The van der Waals surface area contributed by atoms with Gasteiger partial charge in [0.05, 0.1) is 13.3 Å². The minimum Gasteiger partial charge on any atom is -0.504 e. The lowest BCUT2D eigenvalue weighted by atomic mass is 10.1. The van der Waals surface area contributed by atoms with Crippen molar-refractivity contribution < 1.29 is 28.6 Å². The Morgan fingerprint density at radius 3 is 2.46 bits per heavy atom. The molecule has 2 aromatic carbocycles. The number of halogens is 1. The Balaban J connectivity index is 1.75. The second kappa shape index (κ2) is 7.91. The summed E-state index contributed by atoms with van der Waals surface area (Å²) in [7, 11) is 1.51. The molecule has 0 saturated carbocycles. The molecule has 1 unspecified atom stereocenters. The molecule has 144 valence electrons. The highest BCUT2D eigenvalue weighted by molar-refractivity contribution is 6.01. The molecule has 1 atom stereocenters. The highest BCUT2D eigenvalue weighted by Gasteiger charge is 2.25. The predicted octanol–water partition coefficient (Wildman–Crippen LogP) is 3.15. The lowest BCUT2D eigenvalue weighted by Crippen LogP contribution is -2.24. The first-order valence-electron chi connectivity index (χ1n) is 8.33. The largest absolute Gasteiger partial charge is 0.504 e. The van der Waals surface area contributed by atoms with Crippen LogP contribution in [0.25, 0.3) is 5.69 Å². The van der Waals surface area contributed by atoms with Gasteiger partial charge in [-0.25, -0.2) is 13.9 Å². The van der Waals surface area contributed by atoms with Gasteiger partial charge in [-0.2, -0.15) is 5.10 Å². The number of para-hydroxylation sites is 1. The average molecular weight is 384 g/mol. The van der Waals surface area contributed by atoms with Crippen molar-refractivity contribution in [1.82, 2.24) is 9.78 Å². The Labute approximate surface area is 159 Å². The third-order valence-electron chi connectivity index (χ3n) is 4.02. The number of esters is 1. The first-order chi connectivity index (χ1) is 13.4. The zero-order valence-electron chi connectivity index (χ0n) is 15.1. The van der Waals surface area contributed by atoms with Gasteiger partial charge >= 0.3 is 5.97 Å². The highest BCUT2D eigenvalue weighted by Crippen LogP contribution is 2.21. The van der Waals surface area contributed by atoms with Crippen LogP contribution >= 0.6 is 0 Å². The molecule has 1 N–H and O–H groups in total. The molecular formula is C20H17FN2O5. The summed E-state index contributed by atoms with van der Waals surface area (Å²) in [5, 5.41) is 13.8. The molecule has 0 radical (unpaired) electrons. The molecule has 0 bridgehead atoms. The summed E-state index contributed by atoms with van der Waals surface area (Å²) < 4.78 is 25.0. The summed E-state index contributed by atoms with van der Waals surface area (Å²) in [6.07, 6.45) is -0.0239. The van der Waals surface area contributed by atoms with Crippen molar-refractivity contribution in [3.05, 3.63) is 71.8 Å². The lowest BCUT2D eigenvalue weighted by molar-refractivity contribution is 0.0310. The van der Waals surface area contributed by atoms with Gasteiger partial charge < -0.3 is 14.6 Å². The van der Waals surface area contributed by atoms with E-state index >= 15 is 0 Å². The van der Waals surface area contributed by atoms with Crippen molar-refractivity contribution in [2.24, 2.45) is 0 Å². The molecule has 0 amide bonds. The molecule has 0 fully saturated rings. The molecule has 0 saturated heterocycles. The van der Waals surface area contributed by atoms with E-state index in [-0.39, 0.29) is 5.69 Å². The van der Waals surface area contributed by atoms with E-state index in [1.54, 1.807) is 30.3 Å². The number of carbonyl (C=O) groups excluding carboxylic acids is 2. The SMILES string of the molecule is COc1ccc(C(=O)C(C)OC(=O)c2nn(-c3ccccc3F)cc2O)cc1. The number of Topliss-reactive ketones (excluding diaryl/α,β-unsaturated/α-hetero) is 1. The number of hydrogen-bond donors (Lipinski definition) is 1. The molecule has 3 aromatic rings. The summed E-state index contributed by atoms with van der Waals surface area (Å²) in [4.78, 5) is 24.7. The quantitative estimate of drug-likeness (QED) is 0.519. The van der Waals surface area contributed by atoms with Crippen LogP contribution in [0.2, 0.25) is 0 Å². The second-order valence-electron chi connectivity index (χ2n) is 5.90.